The molecule has 0 spiro atoms. The second-order valence-electron chi connectivity index (χ2n) is 2.79. The van der Waals surface area contributed by atoms with Gasteiger partial charge < -0.3 is 14.6 Å². The lowest BCUT2D eigenvalue weighted by Crippen LogP contribution is -2.18. The molecule has 0 rings (SSSR count). The molecular formula is C11H14O4. The van der Waals surface area contributed by atoms with Crippen molar-refractivity contribution in [2.24, 2.45) is 5.92 Å². The molecule has 0 atom stereocenters. The lowest BCUT2D eigenvalue weighted by molar-refractivity contribution is -0.138. The Bertz CT molecular complexity index is 276. The van der Waals surface area contributed by atoms with E-state index in [1.807, 2.05) is 0 Å². The molecule has 0 unspecified atom stereocenters. The van der Waals surface area contributed by atoms with Crippen molar-refractivity contribution in [2.75, 3.05) is 13.2 Å². The quantitative estimate of drug-likeness (QED) is 0.666. The fourth-order valence-corrected chi connectivity index (χ4v) is 0.876. The van der Waals surface area contributed by atoms with E-state index >= 15 is 0 Å². The average molecular weight is 210 g/mol. The molecule has 0 aromatic heterocycles. The van der Waals surface area contributed by atoms with Crippen LogP contribution < -0.4 is 0 Å². The van der Waals surface area contributed by atoms with Gasteiger partial charge in [-0.2, -0.15) is 0 Å². The summed E-state index contributed by atoms with van der Waals surface area (Å²) in [5, 5.41) is 8.61. The van der Waals surface area contributed by atoms with Gasteiger partial charge in [-0.1, -0.05) is 11.8 Å². The molecule has 0 saturated carbocycles. The van der Waals surface area contributed by atoms with Crippen LogP contribution in [-0.4, -0.2) is 24.3 Å². The van der Waals surface area contributed by atoms with Crippen LogP contribution in [0.15, 0.2) is 0 Å². The Labute approximate surface area is 89.6 Å². The maximum atomic E-state index is 10.5. The first-order valence-corrected chi connectivity index (χ1v) is 4.49. The summed E-state index contributed by atoms with van der Waals surface area (Å²) in [4.78, 5) is 10.5. The van der Waals surface area contributed by atoms with E-state index in [-0.39, 0.29) is 25.6 Å². The Morgan fingerprint density at radius 2 is 1.67 bits per heavy atom. The lowest BCUT2D eigenvalue weighted by atomic mass is 10.1. The largest absolute Gasteiger partial charge is 0.481 e. The number of carboxylic acids is 1. The molecule has 0 saturated heterocycles. The second kappa shape index (κ2) is 8.77. The SMILES string of the molecule is CC#COCC(COC#CC)CC(=O)O. The van der Waals surface area contributed by atoms with Crippen molar-refractivity contribution in [3.8, 4) is 24.1 Å². The first-order valence-electron chi connectivity index (χ1n) is 4.49. The molecule has 0 bridgehead atoms. The van der Waals surface area contributed by atoms with Crippen molar-refractivity contribution in [3.63, 3.8) is 0 Å². The minimum Gasteiger partial charge on any atom is -0.481 e. The van der Waals surface area contributed by atoms with Crippen LogP contribution in [0, 0.1) is 30.0 Å². The second-order valence-corrected chi connectivity index (χ2v) is 2.79. The summed E-state index contributed by atoms with van der Waals surface area (Å²) in [5.41, 5.74) is 0. The fourth-order valence-electron chi connectivity index (χ4n) is 0.876. The molecule has 82 valence electrons. The van der Waals surface area contributed by atoms with E-state index in [1.165, 1.54) is 0 Å². The van der Waals surface area contributed by atoms with Gasteiger partial charge in [-0.25, -0.2) is 0 Å². The van der Waals surface area contributed by atoms with E-state index in [0.29, 0.717) is 0 Å². The zero-order valence-corrected chi connectivity index (χ0v) is 8.87. The summed E-state index contributed by atoms with van der Waals surface area (Å²) in [6.07, 6.45) is 4.80. The van der Waals surface area contributed by atoms with Gasteiger partial charge in [0, 0.05) is 19.8 Å². The molecule has 4 heteroatoms. The van der Waals surface area contributed by atoms with Gasteiger partial charge in [-0.3, -0.25) is 4.79 Å². The minimum absolute atomic E-state index is 0.0171. The molecule has 15 heavy (non-hydrogen) atoms. The average Bonchev–Trinajstić information content (AvgIpc) is 2.17. The third kappa shape index (κ3) is 8.52. The van der Waals surface area contributed by atoms with Gasteiger partial charge in [0.25, 0.3) is 0 Å². The monoisotopic (exact) mass is 210 g/mol. The van der Waals surface area contributed by atoms with Crippen molar-refractivity contribution >= 4 is 5.97 Å². The van der Waals surface area contributed by atoms with Gasteiger partial charge in [0.1, 0.15) is 25.4 Å². The van der Waals surface area contributed by atoms with Crippen LogP contribution in [-0.2, 0) is 14.3 Å². The molecule has 1 N–H and O–H groups in total. The van der Waals surface area contributed by atoms with Crippen molar-refractivity contribution in [3.05, 3.63) is 0 Å². The van der Waals surface area contributed by atoms with Crippen molar-refractivity contribution in [1.82, 2.24) is 0 Å². The molecule has 0 heterocycles. The number of rotatable bonds is 6. The molecule has 0 aromatic carbocycles. The van der Waals surface area contributed by atoms with E-state index in [4.69, 9.17) is 14.6 Å². The number of carboxylic acid groups (broad SMARTS) is 1. The molecule has 0 aromatic rings. The molecule has 0 radical (unpaired) electrons. The molecule has 0 aliphatic heterocycles. The summed E-state index contributed by atoms with van der Waals surface area (Å²) >= 11 is 0. The number of carbonyl (C=O) groups is 1. The summed E-state index contributed by atoms with van der Waals surface area (Å²) in [6.45, 7) is 3.76. The highest BCUT2D eigenvalue weighted by Crippen LogP contribution is 2.04. The molecular weight excluding hydrogens is 196 g/mol. The van der Waals surface area contributed by atoms with Crippen molar-refractivity contribution in [1.29, 1.82) is 0 Å². The van der Waals surface area contributed by atoms with Crippen LogP contribution in [0.25, 0.3) is 0 Å². The number of ether oxygens (including phenoxy) is 2. The van der Waals surface area contributed by atoms with Crippen molar-refractivity contribution in [2.45, 2.75) is 20.3 Å². The van der Waals surface area contributed by atoms with E-state index < -0.39 is 5.97 Å². The maximum absolute atomic E-state index is 10.5. The molecule has 4 nitrogen and oxygen atoms in total. The maximum Gasteiger partial charge on any atom is 0.303 e. The predicted molar refractivity (Wildman–Crippen MR) is 54.5 cm³/mol. The van der Waals surface area contributed by atoms with Gasteiger partial charge in [-0.05, 0) is 0 Å². The van der Waals surface area contributed by atoms with E-state index in [1.54, 1.807) is 13.8 Å². The van der Waals surface area contributed by atoms with E-state index in [0.717, 1.165) is 0 Å². The Morgan fingerprint density at radius 1 is 1.20 bits per heavy atom. The van der Waals surface area contributed by atoms with Gasteiger partial charge in [0.05, 0.1) is 6.42 Å². The topological polar surface area (TPSA) is 55.8 Å². The van der Waals surface area contributed by atoms with Gasteiger partial charge >= 0.3 is 5.97 Å². The lowest BCUT2D eigenvalue weighted by Gasteiger charge is -2.10. The zero-order chi connectivity index (χ0) is 11.5. The zero-order valence-electron chi connectivity index (χ0n) is 8.87. The van der Waals surface area contributed by atoms with Crippen molar-refractivity contribution < 1.29 is 19.4 Å². The van der Waals surface area contributed by atoms with Gasteiger partial charge in [0.15, 0.2) is 0 Å². The third-order valence-electron chi connectivity index (χ3n) is 1.45. The van der Waals surface area contributed by atoms with Crippen LogP contribution in [0.5, 0.6) is 0 Å². The Kier molecular flexibility index (Phi) is 7.71. The number of aliphatic carboxylic acids is 1. The molecule has 0 aliphatic rings. The van der Waals surface area contributed by atoms with Crippen LogP contribution in [0.2, 0.25) is 0 Å². The summed E-state index contributed by atoms with van der Waals surface area (Å²) in [7, 11) is 0. The summed E-state index contributed by atoms with van der Waals surface area (Å²) in [6, 6.07) is 0. The van der Waals surface area contributed by atoms with E-state index in [2.05, 4.69) is 24.1 Å². The summed E-state index contributed by atoms with van der Waals surface area (Å²) < 4.78 is 9.85. The smallest absolute Gasteiger partial charge is 0.303 e. The molecule has 0 fully saturated rings. The first-order chi connectivity index (χ1) is 7.20. The van der Waals surface area contributed by atoms with Gasteiger partial charge in [0.2, 0.25) is 0 Å². The molecule has 0 amide bonds. The predicted octanol–water partition coefficient (Wildman–Crippen LogP) is 1.07. The minimum atomic E-state index is -0.888. The van der Waals surface area contributed by atoms with Crippen LogP contribution in [0.3, 0.4) is 0 Å². The molecule has 0 aliphatic carbocycles. The highest BCUT2D eigenvalue weighted by atomic mass is 16.5. The number of hydrogen-bond donors (Lipinski definition) is 1. The van der Waals surface area contributed by atoms with Crippen LogP contribution in [0.4, 0.5) is 0 Å². The third-order valence-corrected chi connectivity index (χ3v) is 1.45. The fraction of sp³-hybridized carbons (Fsp3) is 0.545. The highest BCUT2D eigenvalue weighted by molar-refractivity contribution is 5.67. The van der Waals surface area contributed by atoms with Gasteiger partial charge in [-0.15, -0.1) is 0 Å². The Hall–Kier alpha value is -1.81. The Morgan fingerprint density at radius 3 is 2.00 bits per heavy atom. The first kappa shape index (κ1) is 13.2. The number of hydrogen-bond acceptors (Lipinski definition) is 3. The van der Waals surface area contributed by atoms with Crippen LogP contribution >= 0.6 is 0 Å². The summed E-state index contributed by atoms with van der Waals surface area (Å²) in [5.74, 6) is 3.99. The highest BCUT2D eigenvalue weighted by Gasteiger charge is 2.14. The van der Waals surface area contributed by atoms with Crippen LogP contribution in [0.1, 0.15) is 20.3 Å². The Balaban J connectivity index is 3.95. The normalized spacial score (nSPS) is 8.20. The van der Waals surface area contributed by atoms with E-state index in [9.17, 15) is 4.79 Å². The standard InChI is InChI=1S/C11H14O4/c1-3-5-14-8-10(7-11(12)13)9-15-6-4-2/h10H,7-9H2,1-2H3,(H,12,13).